The summed E-state index contributed by atoms with van der Waals surface area (Å²) in [6.07, 6.45) is 120. The van der Waals surface area contributed by atoms with Crippen LogP contribution in [0.1, 0.15) is 393 Å². The Kier molecular flexibility index (Phi) is 88.2. The predicted octanol–water partition coefficient (Wildman–Crippen LogP) is 29.4. The second-order valence-electron chi connectivity index (χ2n) is 31.4. The number of carbonyl (C=O) groups excluding carboxylic acids is 3. The van der Waals surface area contributed by atoms with E-state index in [1.165, 1.54) is 154 Å². The van der Waals surface area contributed by atoms with E-state index in [0.717, 1.165) is 180 Å². The van der Waals surface area contributed by atoms with Gasteiger partial charge in [0.15, 0.2) is 6.10 Å². The Morgan fingerprint density at radius 3 is 0.706 bits per heavy atom. The van der Waals surface area contributed by atoms with Crippen LogP contribution in [0.5, 0.6) is 0 Å². The largest absolute Gasteiger partial charge is 0.472 e. The molecule has 4 N–H and O–H groups in total. The van der Waals surface area contributed by atoms with Gasteiger partial charge in [0.25, 0.3) is 0 Å². The molecular formula is C101H172O16P2. The van der Waals surface area contributed by atoms with Crippen molar-refractivity contribution in [1.82, 2.24) is 0 Å². The van der Waals surface area contributed by atoms with Crippen molar-refractivity contribution in [3.63, 3.8) is 0 Å². The summed E-state index contributed by atoms with van der Waals surface area (Å²) in [4.78, 5) is 59.0. The van der Waals surface area contributed by atoms with Gasteiger partial charge in [-0.25, -0.2) is 9.13 Å². The number of aliphatic hydroxyl groups excluding tert-OH is 2. The zero-order valence-corrected chi connectivity index (χ0v) is 77.0. The van der Waals surface area contributed by atoms with Crippen LogP contribution in [0.4, 0.5) is 0 Å². The number of phosphoric ester groups is 2. The molecular weight excluding hydrogens is 1530 g/mol. The number of unbranched alkanes of at least 4 members (excludes halogenated alkanes) is 38. The van der Waals surface area contributed by atoms with Crippen LogP contribution in [0.15, 0.2) is 170 Å². The Hall–Kier alpha value is -5.09. The third-order valence-electron chi connectivity index (χ3n) is 19.9. The molecule has 0 aromatic heterocycles. The molecule has 5 unspecified atom stereocenters. The number of ether oxygens (including phenoxy) is 3. The van der Waals surface area contributed by atoms with Gasteiger partial charge in [0.2, 0.25) is 0 Å². The molecule has 0 aromatic rings. The summed E-state index contributed by atoms with van der Waals surface area (Å²) in [7, 11) is -9.82. The Balaban J connectivity index is 4.52. The number of allylic oxidation sites excluding steroid dienone is 28. The summed E-state index contributed by atoms with van der Waals surface area (Å²) in [6, 6.07) is 0. The number of hydrogen-bond acceptors (Lipinski definition) is 14. The first-order valence-electron chi connectivity index (χ1n) is 47.4. The monoisotopic (exact) mass is 1700 g/mol. The third kappa shape index (κ3) is 93.5. The van der Waals surface area contributed by atoms with Gasteiger partial charge in [0.05, 0.1) is 26.4 Å². The third-order valence-corrected chi connectivity index (χ3v) is 21.8. The summed E-state index contributed by atoms with van der Waals surface area (Å²) >= 11 is 0. The van der Waals surface area contributed by atoms with Crippen LogP contribution in [0, 0.1) is 0 Å². The van der Waals surface area contributed by atoms with E-state index in [-0.39, 0.29) is 19.3 Å². The molecule has 16 nitrogen and oxygen atoms in total. The number of esters is 3. The number of rotatable bonds is 89. The fraction of sp³-hybridized carbons (Fsp3) is 0.693. The summed E-state index contributed by atoms with van der Waals surface area (Å²) in [6.45, 7) is 2.46. The minimum Gasteiger partial charge on any atom is -0.463 e. The van der Waals surface area contributed by atoms with Crippen molar-refractivity contribution in [3.05, 3.63) is 170 Å². The van der Waals surface area contributed by atoms with Crippen molar-refractivity contribution >= 4 is 33.6 Å². The summed E-state index contributed by atoms with van der Waals surface area (Å²) in [5.74, 6) is -1.59. The van der Waals surface area contributed by atoms with E-state index in [0.29, 0.717) is 19.3 Å². The summed E-state index contributed by atoms with van der Waals surface area (Å²) in [5.41, 5.74) is 0. The lowest BCUT2D eigenvalue weighted by Gasteiger charge is -2.21. The van der Waals surface area contributed by atoms with Crippen LogP contribution in [0.2, 0.25) is 0 Å². The molecule has 0 spiro atoms. The number of carbonyl (C=O) groups is 3. The van der Waals surface area contributed by atoms with Gasteiger partial charge < -0.3 is 34.2 Å². The van der Waals surface area contributed by atoms with Gasteiger partial charge in [0.1, 0.15) is 25.4 Å². The Labute approximate surface area is 726 Å². The molecule has 0 saturated carbocycles. The lowest BCUT2D eigenvalue weighted by atomic mass is 10.0. The predicted molar refractivity (Wildman–Crippen MR) is 500 cm³/mol. The van der Waals surface area contributed by atoms with Crippen LogP contribution in [0.3, 0.4) is 0 Å². The molecule has 0 aliphatic rings. The fourth-order valence-electron chi connectivity index (χ4n) is 12.8. The molecule has 5 atom stereocenters. The molecule has 0 bridgehead atoms. The van der Waals surface area contributed by atoms with E-state index >= 15 is 0 Å². The highest BCUT2D eigenvalue weighted by atomic mass is 31.2. The van der Waals surface area contributed by atoms with E-state index in [4.69, 9.17) is 32.3 Å². The Morgan fingerprint density at radius 2 is 0.445 bits per heavy atom. The van der Waals surface area contributed by atoms with Gasteiger partial charge in [0, 0.05) is 19.3 Å². The van der Waals surface area contributed by atoms with Crippen molar-refractivity contribution in [1.29, 1.82) is 0 Å². The second-order valence-corrected chi connectivity index (χ2v) is 34.3. The van der Waals surface area contributed by atoms with Crippen molar-refractivity contribution < 1.29 is 75.8 Å². The van der Waals surface area contributed by atoms with Crippen molar-refractivity contribution in [2.75, 3.05) is 39.6 Å². The molecule has 119 heavy (non-hydrogen) atoms. The maximum atomic E-state index is 13.1. The normalized spacial score (nSPS) is 14.5. The molecule has 0 rings (SSSR count). The number of aliphatic hydroxyl groups is 2. The van der Waals surface area contributed by atoms with Crippen molar-refractivity contribution in [2.45, 2.75) is 411 Å². The highest BCUT2D eigenvalue weighted by molar-refractivity contribution is 7.47. The first-order valence-corrected chi connectivity index (χ1v) is 50.4. The first-order chi connectivity index (χ1) is 58.2. The van der Waals surface area contributed by atoms with Gasteiger partial charge in [-0.15, -0.1) is 0 Å². The van der Waals surface area contributed by atoms with E-state index < -0.39 is 91.5 Å². The molecule has 682 valence electrons. The molecule has 0 heterocycles. The number of hydrogen-bond donors (Lipinski definition) is 4. The fourth-order valence-corrected chi connectivity index (χ4v) is 14.4. The summed E-state index contributed by atoms with van der Waals surface area (Å²) in [5, 5.41) is 20.7. The molecule has 0 amide bonds. The zero-order valence-electron chi connectivity index (χ0n) is 75.2. The second kappa shape index (κ2) is 92.1. The molecule has 0 saturated heterocycles. The van der Waals surface area contributed by atoms with Gasteiger partial charge >= 0.3 is 33.6 Å². The lowest BCUT2D eigenvalue weighted by molar-refractivity contribution is -0.161. The first kappa shape index (κ1) is 114. The van der Waals surface area contributed by atoms with Crippen molar-refractivity contribution in [2.24, 2.45) is 0 Å². The molecule has 0 fully saturated rings. The average molecular weight is 1700 g/mol. The molecule has 0 aliphatic carbocycles. The van der Waals surface area contributed by atoms with Crippen LogP contribution in [-0.4, -0.2) is 95.9 Å². The average Bonchev–Trinajstić information content (AvgIpc) is 0.902. The van der Waals surface area contributed by atoms with E-state index in [1.54, 1.807) is 0 Å². The van der Waals surface area contributed by atoms with E-state index in [9.17, 15) is 43.5 Å². The minimum absolute atomic E-state index is 0.0856. The highest BCUT2D eigenvalue weighted by Crippen LogP contribution is 2.45. The summed E-state index contributed by atoms with van der Waals surface area (Å²) < 4.78 is 61.5. The van der Waals surface area contributed by atoms with Crippen LogP contribution in [-0.2, 0) is 55.8 Å². The van der Waals surface area contributed by atoms with Crippen molar-refractivity contribution in [3.8, 4) is 0 Å². The highest BCUT2D eigenvalue weighted by Gasteiger charge is 2.30. The number of phosphoric acid groups is 2. The maximum absolute atomic E-state index is 13.1. The van der Waals surface area contributed by atoms with Gasteiger partial charge in [-0.1, -0.05) is 390 Å². The van der Waals surface area contributed by atoms with Gasteiger partial charge in [-0.3, -0.25) is 32.5 Å². The van der Waals surface area contributed by atoms with Crippen LogP contribution in [0.25, 0.3) is 0 Å². The van der Waals surface area contributed by atoms with Crippen LogP contribution >= 0.6 is 15.6 Å². The van der Waals surface area contributed by atoms with Gasteiger partial charge in [-0.05, 0) is 154 Å². The maximum Gasteiger partial charge on any atom is 0.472 e. The quantitative estimate of drug-likeness (QED) is 0.0146. The molecule has 0 aliphatic heterocycles. The minimum atomic E-state index is -4.95. The topological polar surface area (TPSA) is 231 Å². The zero-order chi connectivity index (χ0) is 86.5. The molecule has 0 radical (unpaired) electrons. The molecule has 0 aromatic carbocycles. The standard InChI is InChI=1S/C101H172O16P2/c1-4-7-10-13-16-19-22-25-28-31-34-36-38-40-42-44-45-46-47-48-49-51-53-54-56-58-61-63-66-69-72-75-78-81-84-87-99(104)111-90-96(102)91-113-118(107,108)114-92-97(103)93-115-119(109,110)116-95-98(117-101(106)89-86-83-80-77-74-71-68-65-60-33-30-27-24-21-18-15-12-9-6-3)94-112-100(105)88-85-82-79-76-73-70-67-64-62-59-57-55-52-50-43-41-39-37-35-32-29-26-23-20-17-14-11-8-5-2/h7-8,10-11,16-21,25-30,34-37,40-43,52,55,60,65,96-98,102-103H,4-6,9,12-15,22-24,31-33,38-39,44-51,53-54,56-59,61-64,66-95H2,1-3H3,(H,107,108)(H,109,110)/b10-7-,11-8-,19-16-,20-17-,21-18-,28-25-,29-26-,30-27-,36-34-,37-35-,42-40-,43-41-,55-52-,65-60-. The van der Waals surface area contributed by atoms with E-state index in [1.807, 2.05) is 0 Å². The SMILES string of the molecule is CC/C=C\C/C=C\C/C=C\C/C=C\C/C=C\C/C=C\CCCCCCCCCCCCC(=O)OCC(COP(=O)(O)OCC(O)COP(=O)(O)OCC(O)COC(=O)CCCCCCCCCCCCCCCCCCCCC/C=C\C/C=C\C/C=C\C/C=C\C/C=C\CC)OC(=O)CCCCCCCC/C=C\C/C=C\C/C=C\CCCCC. The molecule has 18 heteroatoms. The van der Waals surface area contributed by atoms with Crippen LogP contribution < -0.4 is 0 Å². The Bertz CT molecular complexity index is 2840. The smallest absolute Gasteiger partial charge is 0.463 e. The van der Waals surface area contributed by atoms with Gasteiger partial charge in [-0.2, -0.15) is 0 Å². The van der Waals surface area contributed by atoms with E-state index in [2.05, 4.69) is 191 Å². The Morgan fingerprint density at radius 1 is 0.244 bits per heavy atom. The lowest BCUT2D eigenvalue weighted by Crippen LogP contribution is -2.30.